The maximum Gasteiger partial charge on any atom is 0.335 e. The highest BCUT2D eigenvalue weighted by Crippen LogP contribution is 2.34. The zero-order valence-corrected chi connectivity index (χ0v) is 21.0. The zero-order valence-electron chi connectivity index (χ0n) is 18.6. The summed E-state index contributed by atoms with van der Waals surface area (Å²) in [6.07, 6.45) is 1.67. The van der Waals surface area contributed by atoms with Crippen molar-refractivity contribution in [1.29, 1.82) is 0 Å². The van der Waals surface area contributed by atoms with Crippen LogP contribution in [0.1, 0.15) is 28.4 Å². The Hall–Kier alpha value is -3.76. The lowest BCUT2D eigenvalue weighted by atomic mass is 10.1. The Kier molecular flexibility index (Phi) is 7.74. The van der Waals surface area contributed by atoms with Gasteiger partial charge in [-0.2, -0.15) is 14.9 Å². The quantitative estimate of drug-likeness (QED) is 0.197. The molecule has 1 aromatic heterocycles. The SMILES string of the molecule is CCOc1cc(/C=N\n2c(-c3ccccc3)n[nH]c2=S)c(Br)cc1OCc1ccc(C(=O)O)cc1. The number of carbonyl (C=O) groups is 1. The number of benzene rings is 3. The molecule has 178 valence electrons. The summed E-state index contributed by atoms with van der Waals surface area (Å²) < 4.78 is 14.4. The number of aromatic nitrogens is 3. The number of aromatic amines is 1. The van der Waals surface area contributed by atoms with Crippen molar-refractivity contribution in [1.82, 2.24) is 14.9 Å². The Balaban J connectivity index is 1.58. The van der Waals surface area contributed by atoms with Crippen LogP contribution in [0.5, 0.6) is 11.5 Å². The monoisotopic (exact) mass is 552 g/mol. The van der Waals surface area contributed by atoms with Crippen LogP contribution in [0.25, 0.3) is 11.4 Å². The summed E-state index contributed by atoms with van der Waals surface area (Å²) in [6.45, 7) is 2.60. The van der Waals surface area contributed by atoms with Gasteiger partial charge in [0.05, 0.1) is 18.4 Å². The second-order valence-electron chi connectivity index (χ2n) is 7.32. The summed E-state index contributed by atoms with van der Waals surface area (Å²) in [5, 5.41) is 20.7. The van der Waals surface area contributed by atoms with Crippen LogP contribution in [0.4, 0.5) is 0 Å². The van der Waals surface area contributed by atoms with Gasteiger partial charge < -0.3 is 14.6 Å². The fourth-order valence-electron chi connectivity index (χ4n) is 3.23. The number of rotatable bonds is 9. The Morgan fingerprint density at radius 1 is 1.14 bits per heavy atom. The molecule has 0 aliphatic rings. The van der Waals surface area contributed by atoms with Gasteiger partial charge in [0, 0.05) is 15.6 Å². The highest BCUT2D eigenvalue weighted by molar-refractivity contribution is 9.10. The van der Waals surface area contributed by atoms with E-state index in [1.165, 1.54) is 0 Å². The van der Waals surface area contributed by atoms with Crippen LogP contribution in [0.2, 0.25) is 0 Å². The third-order valence-electron chi connectivity index (χ3n) is 4.95. The van der Waals surface area contributed by atoms with E-state index < -0.39 is 5.97 Å². The molecule has 1 heterocycles. The van der Waals surface area contributed by atoms with Gasteiger partial charge in [-0.1, -0.05) is 42.5 Å². The topological polar surface area (TPSA) is 102 Å². The van der Waals surface area contributed by atoms with Crippen LogP contribution in [0, 0.1) is 4.77 Å². The number of ether oxygens (including phenoxy) is 2. The Bertz CT molecular complexity index is 1420. The number of H-pyrrole nitrogens is 1. The van der Waals surface area contributed by atoms with Gasteiger partial charge in [0.1, 0.15) is 6.61 Å². The van der Waals surface area contributed by atoms with Crippen molar-refractivity contribution < 1.29 is 19.4 Å². The first kappa shape index (κ1) is 24.4. The number of hydrogen-bond acceptors (Lipinski definition) is 6. The number of carboxylic acid groups (broad SMARTS) is 1. The molecule has 0 amide bonds. The summed E-state index contributed by atoms with van der Waals surface area (Å²) in [4.78, 5) is 11.0. The summed E-state index contributed by atoms with van der Waals surface area (Å²) in [7, 11) is 0. The van der Waals surface area contributed by atoms with Crippen LogP contribution < -0.4 is 9.47 Å². The smallest absolute Gasteiger partial charge is 0.335 e. The number of nitrogens with one attached hydrogen (secondary N) is 1. The second kappa shape index (κ2) is 11.1. The minimum absolute atomic E-state index is 0.225. The molecule has 8 nitrogen and oxygen atoms in total. The minimum atomic E-state index is -0.968. The van der Waals surface area contributed by atoms with Gasteiger partial charge in [0.15, 0.2) is 17.3 Å². The highest BCUT2D eigenvalue weighted by atomic mass is 79.9. The fourth-order valence-corrected chi connectivity index (χ4v) is 3.83. The van der Waals surface area contributed by atoms with Crippen molar-refractivity contribution >= 4 is 40.3 Å². The van der Waals surface area contributed by atoms with Crippen molar-refractivity contribution in [2.24, 2.45) is 5.10 Å². The van der Waals surface area contributed by atoms with E-state index in [9.17, 15) is 4.79 Å². The second-order valence-corrected chi connectivity index (χ2v) is 8.56. The molecular weight excluding hydrogens is 532 g/mol. The predicted molar refractivity (Wildman–Crippen MR) is 139 cm³/mol. The molecule has 0 bridgehead atoms. The highest BCUT2D eigenvalue weighted by Gasteiger charge is 2.12. The van der Waals surface area contributed by atoms with Crippen LogP contribution in [-0.4, -0.2) is 38.8 Å². The Labute approximate surface area is 215 Å². The van der Waals surface area contributed by atoms with Gasteiger partial charge in [0.25, 0.3) is 0 Å². The number of aromatic carboxylic acids is 1. The van der Waals surface area contributed by atoms with E-state index in [0.717, 1.165) is 21.2 Å². The maximum absolute atomic E-state index is 11.0. The average molecular weight is 553 g/mol. The van der Waals surface area contributed by atoms with E-state index in [1.807, 2.05) is 49.4 Å². The molecule has 4 rings (SSSR count). The van der Waals surface area contributed by atoms with Gasteiger partial charge in [-0.25, -0.2) is 9.89 Å². The summed E-state index contributed by atoms with van der Waals surface area (Å²) in [5.74, 6) is 0.730. The summed E-state index contributed by atoms with van der Waals surface area (Å²) in [6, 6.07) is 19.8. The van der Waals surface area contributed by atoms with Gasteiger partial charge in [-0.15, -0.1) is 0 Å². The molecule has 0 aliphatic heterocycles. The van der Waals surface area contributed by atoms with E-state index in [-0.39, 0.29) is 12.2 Å². The van der Waals surface area contributed by atoms with Gasteiger partial charge >= 0.3 is 5.97 Å². The lowest BCUT2D eigenvalue weighted by Crippen LogP contribution is -2.02. The predicted octanol–water partition coefficient (Wildman–Crippen LogP) is 5.93. The third-order valence-corrected chi connectivity index (χ3v) is 5.90. The molecule has 0 atom stereocenters. The first-order valence-corrected chi connectivity index (χ1v) is 11.8. The Morgan fingerprint density at radius 2 is 1.86 bits per heavy atom. The van der Waals surface area contributed by atoms with Crippen molar-refractivity contribution in [2.75, 3.05) is 6.61 Å². The number of nitrogens with zero attached hydrogens (tertiary/aromatic N) is 3. The van der Waals surface area contributed by atoms with E-state index >= 15 is 0 Å². The zero-order chi connectivity index (χ0) is 24.8. The minimum Gasteiger partial charge on any atom is -0.490 e. The average Bonchev–Trinajstić information content (AvgIpc) is 3.24. The lowest BCUT2D eigenvalue weighted by Gasteiger charge is -2.14. The number of halogens is 1. The lowest BCUT2D eigenvalue weighted by molar-refractivity contribution is 0.0697. The van der Waals surface area contributed by atoms with Crippen molar-refractivity contribution in [3.63, 3.8) is 0 Å². The summed E-state index contributed by atoms with van der Waals surface area (Å²) >= 11 is 8.93. The molecular formula is C25H21BrN4O4S. The van der Waals surface area contributed by atoms with Crippen LogP contribution in [0.15, 0.2) is 76.3 Å². The van der Waals surface area contributed by atoms with Crippen LogP contribution >= 0.6 is 28.1 Å². The van der Waals surface area contributed by atoms with Crippen LogP contribution in [0.3, 0.4) is 0 Å². The molecule has 10 heteroatoms. The van der Waals surface area contributed by atoms with Gasteiger partial charge in [-0.05, 0) is 64.9 Å². The normalized spacial score (nSPS) is 11.0. The number of hydrogen-bond donors (Lipinski definition) is 2. The van der Waals surface area contributed by atoms with E-state index in [4.69, 9.17) is 26.8 Å². The molecule has 3 aromatic carbocycles. The first-order chi connectivity index (χ1) is 17.0. The third kappa shape index (κ3) is 5.84. The first-order valence-electron chi connectivity index (χ1n) is 10.6. The van der Waals surface area contributed by atoms with Crippen LogP contribution in [-0.2, 0) is 6.61 Å². The molecule has 2 N–H and O–H groups in total. The van der Waals surface area contributed by atoms with Crippen molar-refractivity contribution in [3.05, 3.63) is 92.7 Å². The molecule has 0 unspecified atom stereocenters. The fraction of sp³-hybridized carbons (Fsp3) is 0.120. The molecule has 0 saturated heterocycles. The summed E-state index contributed by atoms with van der Waals surface area (Å²) in [5.41, 5.74) is 2.70. The maximum atomic E-state index is 11.0. The molecule has 0 spiro atoms. The van der Waals surface area contributed by atoms with E-state index in [1.54, 1.807) is 35.2 Å². The molecule has 4 aromatic rings. The Morgan fingerprint density at radius 3 is 2.54 bits per heavy atom. The van der Waals surface area contributed by atoms with Gasteiger partial charge in [-0.3, -0.25) is 0 Å². The van der Waals surface area contributed by atoms with E-state index in [2.05, 4.69) is 31.2 Å². The van der Waals surface area contributed by atoms with E-state index in [0.29, 0.717) is 28.7 Å². The van der Waals surface area contributed by atoms with Crippen molar-refractivity contribution in [2.45, 2.75) is 13.5 Å². The molecule has 35 heavy (non-hydrogen) atoms. The van der Waals surface area contributed by atoms with Gasteiger partial charge in [0.2, 0.25) is 4.77 Å². The molecule has 0 fully saturated rings. The molecule has 0 aliphatic carbocycles. The largest absolute Gasteiger partial charge is 0.490 e. The molecule has 0 saturated carbocycles. The number of carboxylic acids is 1. The molecule has 0 radical (unpaired) electrons. The van der Waals surface area contributed by atoms with Crippen molar-refractivity contribution in [3.8, 4) is 22.9 Å². The standard InChI is InChI=1S/C25H21BrN4O4S/c1-2-33-21-12-19(14-27-30-23(28-29-25(30)35)17-6-4-3-5-7-17)20(26)13-22(21)34-15-16-8-10-18(11-9-16)24(31)32/h3-14H,2,15H2,1H3,(H,29,35)(H,31,32)/b27-14-.